The second-order valence-corrected chi connectivity index (χ2v) is 5.45. The second kappa shape index (κ2) is 7.88. The molecule has 0 N–H and O–H groups in total. The molecule has 0 fully saturated rings. The van der Waals surface area contributed by atoms with Crippen molar-refractivity contribution in [3.8, 4) is 11.6 Å². The van der Waals surface area contributed by atoms with Gasteiger partial charge in [-0.25, -0.2) is 4.68 Å². The van der Waals surface area contributed by atoms with Crippen molar-refractivity contribution in [2.24, 2.45) is 0 Å². The van der Waals surface area contributed by atoms with E-state index in [9.17, 15) is 0 Å². The third-order valence-corrected chi connectivity index (χ3v) is 3.49. The van der Waals surface area contributed by atoms with Gasteiger partial charge in [0.15, 0.2) is 0 Å². The lowest BCUT2D eigenvalue weighted by molar-refractivity contribution is 0.110. The molecule has 20 heavy (non-hydrogen) atoms. The number of hydrogen-bond acceptors (Lipinski definition) is 3. The molecule has 0 unspecified atom stereocenters. The number of rotatable bonds is 7. The first-order chi connectivity index (χ1) is 9.70. The van der Waals surface area contributed by atoms with E-state index in [0.717, 1.165) is 11.0 Å². The van der Waals surface area contributed by atoms with Crippen LogP contribution in [0.4, 0.5) is 0 Å². The zero-order chi connectivity index (χ0) is 14.4. The third kappa shape index (κ3) is 4.38. The molecule has 4 nitrogen and oxygen atoms in total. The Bertz CT molecular complexity index is 563. The maximum Gasteiger partial charge on any atom is 0.233 e. The summed E-state index contributed by atoms with van der Waals surface area (Å²) in [5, 5.41) is 6.12. The van der Waals surface area contributed by atoms with Crippen molar-refractivity contribution >= 4 is 39.1 Å². The van der Waals surface area contributed by atoms with Gasteiger partial charge in [0.2, 0.25) is 5.88 Å². The van der Waals surface area contributed by atoms with Crippen LogP contribution < -0.4 is 4.74 Å². The van der Waals surface area contributed by atoms with E-state index < -0.39 is 0 Å². The molecule has 0 saturated heterocycles. The minimum Gasteiger partial charge on any atom is -0.474 e. The molecule has 2 rings (SSSR count). The number of ether oxygens (including phenoxy) is 2. The van der Waals surface area contributed by atoms with Gasteiger partial charge in [-0.15, -0.1) is 5.10 Å². The summed E-state index contributed by atoms with van der Waals surface area (Å²) in [6.07, 6.45) is 1.80. The third-order valence-electron chi connectivity index (χ3n) is 2.43. The smallest absolute Gasteiger partial charge is 0.233 e. The van der Waals surface area contributed by atoms with Gasteiger partial charge in [0, 0.05) is 17.6 Å². The maximum atomic E-state index is 5.98. The van der Waals surface area contributed by atoms with Crippen LogP contribution in [0, 0.1) is 0 Å². The Hall–Kier alpha value is -0.750. The van der Waals surface area contributed by atoms with Crippen LogP contribution in [-0.4, -0.2) is 34.9 Å². The van der Waals surface area contributed by atoms with E-state index in [-0.39, 0.29) is 0 Å². The SMILES string of the molecule is Clc1ccc(-n2ccc(OCCOCCBr)n2)cc1Cl. The molecule has 0 bridgehead atoms. The fourth-order valence-corrected chi connectivity index (χ4v) is 2.04. The number of nitrogens with zero attached hydrogens (tertiary/aromatic N) is 2. The molecular formula is C13H13BrCl2N2O2. The van der Waals surface area contributed by atoms with Crippen molar-refractivity contribution in [3.05, 3.63) is 40.5 Å². The standard InChI is InChI=1S/C13H13BrCl2N2O2/c14-4-6-19-7-8-20-13-3-5-18(17-13)10-1-2-11(15)12(16)9-10/h1-3,5,9H,4,6-8H2. The van der Waals surface area contributed by atoms with Crippen molar-refractivity contribution in [3.63, 3.8) is 0 Å². The zero-order valence-electron chi connectivity index (χ0n) is 10.6. The number of halogens is 3. The molecule has 0 atom stereocenters. The van der Waals surface area contributed by atoms with Crippen LogP contribution in [0.2, 0.25) is 10.0 Å². The Morgan fingerprint density at radius 2 is 1.95 bits per heavy atom. The molecule has 2 aromatic rings. The van der Waals surface area contributed by atoms with E-state index in [1.54, 1.807) is 29.1 Å². The van der Waals surface area contributed by atoms with E-state index in [2.05, 4.69) is 21.0 Å². The fraction of sp³-hybridized carbons (Fsp3) is 0.308. The van der Waals surface area contributed by atoms with E-state index in [1.165, 1.54) is 0 Å². The first kappa shape index (κ1) is 15.6. The lowest BCUT2D eigenvalue weighted by Gasteiger charge is -2.04. The van der Waals surface area contributed by atoms with Crippen LogP contribution in [0.5, 0.6) is 5.88 Å². The highest BCUT2D eigenvalue weighted by atomic mass is 79.9. The summed E-state index contributed by atoms with van der Waals surface area (Å²) in [4.78, 5) is 0. The van der Waals surface area contributed by atoms with Gasteiger partial charge in [-0.3, -0.25) is 0 Å². The summed E-state index contributed by atoms with van der Waals surface area (Å²) in [6, 6.07) is 7.10. The highest BCUT2D eigenvalue weighted by molar-refractivity contribution is 9.09. The molecule has 1 heterocycles. The molecule has 1 aromatic carbocycles. The normalized spacial score (nSPS) is 10.8. The first-order valence-electron chi connectivity index (χ1n) is 5.98. The lowest BCUT2D eigenvalue weighted by atomic mass is 10.3. The quantitative estimate of drug-likeness (QED) is 0.539. The van der Waals surface area contributed by atoms with Gasteiger partial charge < -0.3 is 9.47 Å². The van der Waals surface area contributed by atoms with Crippen LogP contribution in [0.15, 0.2) is 30.5 Å². The molecule has 0 aliphatic rings. The molecule has 0 aliphatic heterocycles. The van der Waals surface area contributed by atoms with Crippen LogP contribution in [0.1, 0.15) is 0 Å². The van der Waals surface area contributed by atoms with Crippen molar-refractivity contribution in [1.29, 1.82) is 0 Å². The van der Waals surface area contributed by atoms with Gasteiger partial charge in [-0.1, -0.05) is 39.1 Å². The molecule has 108 valence electrons. The summed E-state index contributed by atoms with van der Waals surface area (Å²) >= 11 is 15.1. The Balaban J connectivity index is 1.93. The number of alkyl halides is 1. The summed E-state index contributed by atoms with van der Waals surface area (Å²) in [5.41, 5.74) is 0.824. The molecule has 0 saturated carbocycles. The summed E-state index contributed by atoms with van der Waals surface area (Å²) in [6.45, 7) is 1.66. The maximum absolute atomic E-state index is 5.98. The fourth-order valence-electron chi connectivity index (χ4n) is 1.52. The van der Waals surface area contributed by atoms with Crippen molar-refractivity contribution < 1.29 is 9.47 Å². The Kier molecular flexibility index (Phi) is 6.16. The van der Waals surface area contributed by atoms with E-state index in [0.29, 0.717) is 35.7 Å². The summed E-state index contributed by atoms with van der Waals surface area (Å²) < 4.78 is 12.4. The lowest BCUT2D eigenvalue weighted by Crippen LogP contribution is -2.08. The highest BCUT2D eigenvalue weighted by Gasteiger charge is 2.04. The van der Waals surface area contributed by atoms with Crippen molar-refractivity contribution in [2.45, 2.75) is 0 Å². The predicted octanol–water partition coefficient (Wildman–Crippen LogP) is 3.97. The average Bonchev–Trinajstić information content (AvgIpc) is 2.90. The molecule has 0 spiro atoms. The molecule has 7 heteroatoms. The van der Waals surface area contributed by atoms with Crippen LogP contribution in [0.25, 0.3) is 5.69 Å². The molecular weight excluding hydrogens is 367 g/mol. The van der Waals surface area contributed by atoms with Gasteiger partial charge in [0.05, 0.1) is 28.9 Å². The van der Waals surface area contributed by atoms with E-state index in [1.807, 2.05) is 6.07 Å². The average molecular weight is 380 g/mol. The van der Waals surface area contributed by atoms with Gasteiger partial charge in [-0.05, 0) is 18.2 Å². The van der Waals surface area contributed by atoms with Gasteiger partial charge in [0.1, 0.15) is 6.61 Å². The predicted molar refractivity (Wildman–Crippen MR) is 83.7 cm³/mol. The first-order valence-corrected chi connectivity index (χ1v) is 7.86. The Morgan fingerprint density at radius 3 is 2.70 bits per heavy atom. The van der Waals surface area contributed by atoms with Crippen molar-refractivity contribution in [1.82, 2.24) is 9.78 Å². The van der Waals surface area contributed by atoms with E-state index >= 15 is 0 Å². The van der Waals surface area contributed by atoms with Crippen LogP contribution in [-0.2, 0) is 4.74 Å². The summed E-state index contributed by atoms with van der Waals surface area (Å²) in [7, 11) is 0. The number of benzene rings is 1. The monoisotopic (exact) mass is 378 g/mol. The molecule has 1 aromatic heterocycles. The number of hydrogen-bond donors (Lipinski definition) is 0. The molecule has 0 radical (unpaired) electrons. The minimum absolute atomic E-state index is 0.464. The van der Waals surface area contributed by atoms with Gasteiger partial charge in [0.25, 0.3) is 0 Å². The van der Waals surface area contributed by atoms with Crippen LogP contribution in [0.3, 0.4) is 0 Å². The topological polar surface area (TPSA) is 36.3 Å². The summed E-state index contributed by atoms with van der Waals surface area (Å²) in [5.74, 6) is 0.540. The highest BCUT2D eigenvalue weighted by Crippen LogP contribution is 2.24. The van der Waals surface area contributed by atoms with E-state index in [4.69, 9.17) is 32.7 Å². The van der Waals surface area contributed by atoms with Gasteiger partial charge >= 0.3 is 0 Å². The zero-order valence-corrected chi connectivity index (χ0v) is 13.7. The van der Waals surface area contributed by atoms with Crippen molar-refractivity contribution in [2.75, 3.05) is 25.2 Å². The molecule has 0 aliphatic carbocycles. The Labute approximate surface area is 135 Å². The number of aromatic nitrogens is 2. The largest absolute Gasteiger partial charge is 0.474 e. The Morgan fingerprint density at radius 1 is 1.10 bits per heavy atom. The van der Waals surface area contributed by atoms with Crippen LogP contribution >= 0.6 is 39.1 Å². The molecule has 0 amide bonds. The second-order valence-electron chi connectivity index (χ2n) is 3.85. The van der Waals surface area contributed by atoms with Gasteiger partial charge in [-0.2, -0.15) is 0 Å². The minimum atomic E-state index is 0.464.